The van der Waals surface area contributed by atoms with Gasteiger partial charge in [-0.3, -0.25) is 4.90 Å². The van der Waals surface area contributed by atoms with Crippen molar-refractivity contribution < 1.29 is 4.39 Å². The molecule has 1 aromatic carbocycles. The van der Waals surface area contributed by atoms with Crippen molar-refractivity contribution in [3.63, 3.8) is 0 Å². The number of nitrogens with zero attached hydrogens (tertiary/aromatic N) is 6. The Labute approximate surface area is 155 Å². The summed E-state index contributed by atoms with van der Waals surface area (Å²) in [4.78, 5) is 12.9. The quantitative estimate of drug-likeness (QED) is 0.705. The van der Waals surface area contributed by atoms with Crippen molar-refractivity contribution in [3.05, 3.63) is 65.6 Å². The molecule has 0 bridgehead atoms. The zero-order chi connectivity index (χ0) is 17.9. The van der Waals surface area contributed by atoms with E-state index < -0.39 is 0 Å². The van der Waals surface area contributed by atoms with E-state index in [1.807, 2.05) is 18.5 Å². The van der Waals surface area contributed by atoms with E-state index >= 15 is 0 Å². The zero-order valence-electron chi connectivity index (χ0n) is 14.1. The molecule has 0 aliphatic carbocycles. The minimum absolute atomic E-state index is 0.265. The fourth-order valence-corrected chi connectivity index (χ4v) is 3.33. The monoisotopic (exact) mass is 372 g/mol. The largest absolute Gasteiger partial charge is 0.351 e. The maximum absolute atomic E-state index is 13.4. The summed E-state index contributed by atoms with van der Waals surface area (Å²) >= 11 is 6.13. The summed E-state index contributed by atoms with van der Waals surface area (Å²) in [6.07, 6.45) is 7.03. The molecular weight excluding hydrogens is 355 g/mol. The molecule has 1 saturated heterocycles. The lowest BCUT2D eigenvalue weighted by Crippen LogP contribution is -2.46. The van der Waals surface area contributed by atoms with Gasteiger partial charge in [-0.25, -0.2) is 19.0 Å². The molecule has 1 aliphatic heterocycles. The lowest BCUT2D eigenvalue weighted by Gasteiger charge is -2.35. The van der Waals surface area contributed by atoms with E-state index in [2.05, 4.69) is 24.9 Å². The normalized spacial score (nSPS) is 15.4. The van der Waals surface area contributed by atoms with Gasteiger partial charge in [0.25, 0.3) is 0 Å². The Morgan fingerprint density at radius 1 is 1.08 bits per heavy atom. The molecule has 4 rings (SSSR count). The van der Waals surface area contributed by atoms with Gasteiger partial charge in [-0.15, -0.1) is 0 Å². The van der Waals surface area contributed by atoms with Crippen LogP contribution in [0, 0.1) is 5.82 Å². The van der Waals surface area contributed by atoms with Crippen molar-refractivity contribution in [3.8, 4) is 5.69 Å². The highest BCUT2D eigenvalue weighted by Crippen LogP contribution is 2.21. The highest BCUT2D eigenvalue weighted by molar-refractivity contribution is 6.31. The molecule has 0 saturated carbocycles. The van der Waals surface area contributed by atoms with E-state index in [4.69, 9.17) is 11.6 Å². The third-order valence-corrected chi connectivity index (χ3v) is 4.69. The number of hydrogen-bond donors (Lipinski definition) is 0. The predicted octanol–water partition coefficient (Wildman–Crippen LogP) is 2.78. The highest BCUT2D eigenvalue weighted by Gasteiger charge is 2.20. The topological polar surface area (TPSA) is 50.1 Å². The molecule has 0 amide bonds. The Balaban J connectivity index is 1.37. The minimum Gasteiger partial charge on any atom is -0.351 e. The van der Waals surface area contributed by atoms with Gasteiger partial charge in [-0.1, -0.05) is 17.7 Å². The summed E-state index contributed by atoms with van der Waals surface area (Å²) in [6.45, 7) is 4.29. The van der Waals surface area contributed by atoms with Crippen molar-refractivity contribution in [2.75, 3.05) is 31.1 Å². The van der Waals surface area contributed by atoms with Gasteiger partial charge < -0.3 is 4.90 Å². The minimum atomic E-state index is -0.265. The molecule has 3 aromatic rings. The predicted molar refractivity (Wildman–Crippen MR) is 98.1 cm³/mol. The SMILES string of the molecule is Fc1cccc(-n2cc(CN3CCN(c4nccnc4Cl)CC3)cn2)c1. The van der Waals surface area contributed by atoms with E-state index in [9.17, 15) is 4.39 Å². The summed E-state index contributed by atoms with van der Waals surface area (Å²) in [5.41, 5.74) is 1.82. The molecule has 0 N–H and O–H groups in total. The maximum Gasteiger partial charge on any atom is 0.171 e. The van der Waals surface area contributed by atoms with E-state index in [0.717, 1.165) is 49.8 Å². The Bertz CT molecular complexity index is 891. The van der Waals surface area contributed by atoms with Crippen LogP contribution in [0.5, 0.6) is 0 Å². The average Bonchev–Trinajstić information content (AvgIpc) is 3.12. The summed E-state index contributed by atoms with van der Waals surface area (Å²) < 4.78 is 15.1. The second-order valence-electron chi connectivity index (χ2n) is 6.21. The van der Waals surface area contributed by atoms with E-state index in [0.29, 0.717) is 5.15 Å². The van der Waals surface area contributed by atoms with E-state index in [1.54, 1.807) is 23.1 Å². The Morgan fingerprint density at radius 3 is 2.65 bits per heavy atom. The first-order valence-corrected chi connectivity index (χ1v) is 8.80. The molecule has 6 nitrogen and oxygen atoms in total. The van der Waals surface area contributed by atoms with E-state index in [-0.39, 0.29) is 5.82 Å². The first-order chi connectivity index (χ1) is 12.7. The zero-order valence-corrected chi connectivity index (χ0v) is 14.8. The Hall–Kier alpha value is -2.51. The molecule has 3 heterocycles. The summed E-state index contributed by atoms with van der Waals surface area (Å²) in [5, 5.41) is 4.79. The molecule has 1 aliphatic rings. The second-order valence-corrected chi connectivity index (χ2v) is 6.56. The first kappa shape index (κ1) is 16.9. The highest BCUT2D eigenvalue weighted by atomic mass is 35.5. The molecule has 0 spiro atoms. The van der Waals surface area contributed by atoms with Crippen molar-refractivity contribution >= 4 is 17.4 Å². The third-order valence-electron chi connectivity index (χ3n) is 4.42. The molecule has 1 fully saturated rings. The van der Waals surface area contributed by atoms with Gasteiger partial charge >= 0.3 is 0 Å². The lowest BCUT2D eigenvalue weighted by molar-refractivity contribution is 0.249. The third kappa shape index (κ3) is 3.68. The Morgan fingerprint density at radius 2 is 1.88 bits per heavy atom. The number of aromatic nitrogens is 4. The summed E-state index contributed by atoms with van der Waals surface area (Å²) in [6, 6.07) is 6.42. The van der Waals surface area contributed by atoms with Crippen molar-refractivity contribution in [1.82, 2.24) is 24.6 Å². The maximum atomic E-state index is 13.4. The molecule has 26 heavy (non-hydrogen) atoms. The van der Waals surface area contributed by atoms with Gasteiger partial charge in [0.15, 0.2) is 11.0 Å². The second kappa shape index (κ2) is 7.39. The average molecular weight is 373 g/mol. The number of hydrogen-bond acceptors (Lipinski definition) is 5. The molecule has 8 heteroatoms. The molecule has 2 aromatic heterocycles. The fraction of sp³-hybridized carbons (Fsp3) is 0.278. The summed E-state index contributed by atoms with van der Waals surface area (Å²) in [5.74, 6) is 0.478. The van der Waals surface area contributed by atoms with Crippen LogP contribution in [0.1, 0.15) is 5.56 Å². The van der Waals surface area contributed by atoms with Gasteiger partial charge in [0.2, 0.25) is 0 Å². The van der Waals surface area contributed by atoms with Gasteiger partial charge in [-0.2, -0.15) is 5.10 Å². The summed E-state index contributed by atoms with van der Waals surface area (Å²) in [7, 11) is 0. The fourth-order valence-electron chi connectivity index (χ4n) is 3.10. The number of benzene rings is 1. The van der Waals surface area contributed by atoms with Crippen LogP contribution in [-0.2, 0) is 6.54 Å². The van der Waals surface area contributed by atoms with Crippen LogP contribution in [0.15, 0.2) is 49.1 Å². The molecule has 0 atom stereocenters. The van der Waals surface area contributed by atoms with Crippen LogP contribution in [0.3, 0.4) is 0 Å². The van der Waals surface area contributed by atoms with E-state index in [1.165, 1.54) is 12.1 Å². The standard InChI is InChI=1S/C18H18ClFN6/c19-17-18(22-5-4-21-17)25-8-6-24(7-9-25)12-14-11-23-26(13-14)16-3-1-2-15(20)10-16/h1-5,10-11,13H,6-9,12H2. The molecule has 134 valence electrons. The van der Waals surface area contributed by atoms with Gasteiger partial charge in [-0.05, 0) is 18.2 Å². The van der Waals surface area contributed by atoms with Crippen molar-refractivity contribution in [2.45, 2.75) is 6.54 Å². The molecule has 0 unspecified atom stereocenters. The molecule has 0 radical (unpaired) electrons. The van der Waals surface area contributed by atoms with Gasteiger partial charge in [0.1, 0.15) is 5.82 Å². The first-order valence-electron chi connectivity index (χ1n) is 8.42. The van der Waals surface area contributed by atoms with Crippen molar-refractivity contribution in [1.29, 1.82) is 0 Å². The van der Waals surface area contributed by atoms with Crippen molar-refractivity contribution in [2.24, 2.45) is 0 Å². The number of piperazine rings is 1. The number of rotatable bonds is 4. The van der Waals surface area contributed by atoms with Crippen LogP contribution in [0.25, 0.3) is 5.69 Å². The number of anilines is 1. The van der Waals surface area contributed by atoms with Crippen LogP contribution in [0.4, 0.5) is 10.2 Å². The van der Waals surface area contributed by atoms with Gasteiger partial charge in [0.05, 0.1) is 11.9 Å². The van der Waals surface area contributed by atoms with Crippen LogP contribution in [0.2, 0.25) is 5.15 Å². The number of halogens is 2. The molecular formula is C18H18ClFN6. The van der Waals surface area contributed by atoms with Crippen LogP contribution >= 0.6 is 11.6 Å². The van der Waals surface area contributed by atoms with Crippen LogP contribution in [-0.4, -0.2) is 50.8 Å². The van der Waals surface area contributed by atoms with Crippen LogP contribution < -0.4 is 4.90 Å². The smallest absolute Gasteiger partial charge is 0.171 e. The Kier molecular flexibility index (Phi) is 4.81. The lowest BCUT2D eigenvalue weighted by atomic mass is 10.2. The van der Waals surface area contributed by atoms with Gasteiger partial charge in [0, 0.05) is 56.9 Å².